The Morgan fingerprint density at radius 3 is 2.72 bits per heavy atom. The Morgan fingerprint density at radius 1 is 1.39 bits per heavy atom. The number of hydrogen-bond donors (Lipinski definition) is 1. The molecular formula is C12H18N4O2. The van der Waals surface area contributed by atoms with Gasteiger partial charge in [-0.25, -0.2) is 0 Å². The fourth-order valence-electron chi connectivity index (χ4n) is 2.22. The van der Waals surface area contributed by atoms with Gasteiger partial charge in [-0.2, -0.15) is 5.10 Å². The lowest BCUT2D eigenvalue weighted by atomic mass is 10.1. The molecule has 0 spiro atoms. The maximum Gasteiger partial charge on any atom is 0.258 e. The topological polar surface area (TPSA) is 67.2 Å². The molecule has 1 aliphatic heterocycles. The molecule has 2 heterocycles. The van der Waals surface area contributed by atoms with Crippen molar-refractivity contribution in [1.29, 1.82) is 0 Å². The number of aryl methyl sites for hydroxylation is 2. The van der Waals surface area contributed by atoms with Gasteiger partial charge in [0.2, 0.25) is 5.91 Å². The van der Waals surface area contributed by atoms with Gasteiger partial charge in [0.25, 0.3) is 5.91 Å². The summed E-state index contributed by atoms with van der Waals surface area (Å²) in [7, 11) is 1.81. The lowest BCUT2D eigenvalue weighted by molar-refractivity contribution is -0.121. The van der Waals surface area contributed by atoms with E-state index in [0.717, 1.165) is 12.1 Å². The predicted octanol–water partition coefficient (Wildman–Crippen LogP) is -0.000960. The van der Waals surface area contributed by atoms with Crippen LogP contribution in [0, 0.1) is 13.8 Å². The Balaban J connectivity index is 2.27. The average Bonchev–Trinajstić information content (AvgIpc) is 2.51. The van der Waals surface area contributed by atoms with Gasteiger partial charge >= 0.3 is 0 Å². The van der Waals surface area contributed by atoms with Crippen molar-refractivity contribution < 1.29 is 9.59 Å². The molecule has 0 aliphatic carbocycles. The summed E-state index contributed by atoms with van der Waals surface area (Å²) in [6.07, 6.45) is 0.788. The van der Waals surface area contributed by atoms with Crippen LogP contribution < -0.4 is 5.32 Å². The first-order chi connectivity index (χ1) is 8.50. The first kappa shape index (κ1) is 12.6. The number of nitrogens with one attached hydrogen (secondary N) is 1. The summed E-state index contributed by atoms with van der Waals surface area (Å²) in [4.78, 5) is 25.5. The molecule has 0 unspecified atom stereocenters. The molecular weight excluding hydrogens is 232 g/mol. The second-order valence-corrected chi connectivity index (χ2v) is 4.60. The smallest absolute Gasteiger partial charge is 0.258 e. The van der Waals surface area contributed by atoms with Gasteiger partial charge in [-0.3, -0.25) is 14.3 Å². The maximum atomic E-state index is 12.4. The third-order valence-electron chi connectivity index (χ3n) is 3.27. The second kappa shape index (κ2) is 4.80. The first-order valence-electron chi connectivity index (χ1n) is 6.07. The van der Waals surface area contributed by atoms with Crippen molar-refractivity contribution in [2.45, 2.75) is 20.3 Å². The Bertz CT molecular complexity index is 493. The van der Waals surface area contributed by atoms with Crippen LogP contribution in [0.4, 0.5) is 0 Å². The minimum Gasteiger partial charge on any atom is -0.354 e. The highest BCUT2D eigenvalue weighted by molar-refractivity contribution is 5.98. The molecule has 0 bridgehead atoms. The molecule has 0 radical (unpaired) electrons. The van der Waals surface area contributed by atoms with Crippen molar-refractivity contribution in [3.05, 3.63) is 17.0 Å². The summed E-state index contributed by atoms with van der Waals surface area (Å²) >= 11 is 0. The highest BCUT2D eigenvalue weighted by Gasteiger charge is 2.25. The minimum atomic E-state index is -0.102. The Kier molecular flexibility index (Phi) is 3.36. The Morgan fingerprint density at radius 2 is 2.11 bits per heavy atom. The van der Waals surface area contributed by atoms with E-state index in [1.165, 1.54) is 0 Å². The highest BCUT2D eigenvalue weighted by atomic mass is 16.2. The van der Waals surface area contributed by atoms with Gasteiger partial charge in [-0.15, -0.1) is 0 Å². The van der Waals surface area contributed by atoms with Crippen molar-refractivity contribution >= 4 is 11.8 Å². The molecule has 1 fully saturated rings. The molecule has 2 rings (SSSR count). The van der Waals surface area contributed by atoms with Crippen LogP contribution in [-0.2, 0) is 11.8 Å². The first-order valence-corrected chi connectivity index (χ1v) is 6.07. The standard InChI is InChI=1S/C12H18N4O2/c1-8-11(9(2)15(3)14-8)12(18)16-6-4-5-13-10(17)7-16/h4-7H2,1-3H3,(H,13,17). The summed E-state index contributed by atoms with van der Waals surface area (Å²) in [6, 6.07) is 0. The zero-order valence-electron chi connectivity index (χ0n) is 11.0. The summed E-state index contributed by atoms with van der Waals surface area (Å²) in [5.74, 6) is -0.199. The van der Waals surface area contributed by atoms with Crippen LogP contribution in [0.1, 0.15) is 28.2 Å². The molecule has 6 nitrogen and oxygen atoms in total. The molecule has 1 saturated heterocycles. The van der Waals surface area contributed by atoms with Crippen LogP contribution in [0.15, 0.2) is 0 Å². The van der Waals surface area contributed by atoms with Crippen molar-refractivity contribution in [3.8, 4) is 0 Å². The van der Waals surface area contributed by atoms with Gasteiger partial charge < -0.3 is 10.2 Å². The van der Waals surface area contributed by atoms with Crippen molar-refractivity contribution in [2.75, 3.05) is 19.6 Å². The SMILES string of the molecule is Cc1nn(C)c(C)c1C(=O)N1CCCNC(=O)C1. The van der Waals surface area contributed by atoms with Crippen LogP contribution in [0.25, 0.3) is 0 Å². The van der Waals surface area contributed by atoms with Crippen LogP contribution >= 0.6 is 0 Å². The third kappa shape index (κ3) is 2.23. The lowest BCUT2D eigenvalue weighted by Crippen LogP contribution is -2.37. The normalized spacial score (nSPS) is 16.4. The highest BCUT2D eigenvalue weighted by Crippen LogP contribution is 2.15. The molecule has 2 amide bonds. The van der Waals surface area contributed by atoms with Gasteiger partial charge in [0.1, 0.15) is 0 Å². The number of hydrogen-bond acceptors (Lipinski definition) is 3. The van der Waals surface area contributed by atoms with E-state index in [2.05, 4.69) is 10.4 Å². The number of carbonyl (C=O) groups excluding carboxylic acids is 2. The monoisotopic (exact) mass is 250 g/mol. The third-order valence-corrected chi connectivity index (χ3v) is 3.27. The predicted molar refractivity (Wildman–Crippen MR) is 66.2 cm³/mol. The second-order valence-electron chi connectivity index (χ2n) is 4.60. The molecule has 98 valence electrons. The van der Waals surface area contributed by atoms with Gasteiger partial charge in [-0.05, 0) is 20.3 Å². The molecule has 0 atom stereocenters. The lowest BCUT2D eigenvalue weighted by Gasteiger charge is -2.19. The number of rotatable bonds is 1. The zero-order valence-corrected chi connectivity index (χ0v) is 11.0. The largest absolute Gasteiger partial charge is 0.354 e. The van der Waals surface area contributed by atoms with E-state index in [9.17, 15) is 9.59 Å². The molecule has 0 aromatic carbocycles. The molecule has 0 saturated carbocycles. The molecule has 1 aromatic rings. The zero-order chi connectivity index (χ0) is 13.3. The van der Waals surface area contributed by atoms with Gasteiger partial charge in [-0.1, -0.05) is 0 Å². The quantitative estimate of drug-likeness (QED) is 0.763. The molecule has 6 heteroatoms. The van der Waals surface area contributed by atoms with Crippen LogP contribution in [0.3, 0.4) is 0 Å². The number of amides is 2. The molecule has 18 heavy (non-hydrogen) atoms. The minimum absolute atomic E-state index is 0.0972. The Labute approximate surface area is 106 Å². The molecule has 1 aliphatic rings. The van der Waals surface area contributed by atoms with E-state index in [4.69, 9.17) is 0 Å². The number of carbonyl (C=O) groups is 2. The van der Waals surface area contributed by atoms with E-state index in [-0.39, 0.29) is 18.4 Å². The van der Waals surface area contributed by atoms with Crippen molar-refractivity contribution in [2.24, 2.45) is 7.05 Å². The van der Waals surface area contributed by atoms with Crippen LogP contribution in [-0.4, -0.2) is 46.1 Å². The van der Waals surface area contributed by atoms with E-state index in [1.54, 1.807) is 9.58 Å². The summed E-state index contributed by atoms with van der Waals surface area (Å²) in [5, 5.41) is 7.00. The molecule has 1 N–H and O–H groups in total. The van der Waals surface area contributed by atoms with Crippen LogP contribution in [0.2, 0.25) is 0 Å². The number of aromatic nitrogens is 2. The average molecular weight is 250 g/mol. The summed E-state index contributed by atoms with van der Waals surface area (Å²) in [6.45, 7) is 5.05. The van der Waals surface area contributed by atoms with E-state index in [1.807, 2.05) is 20.9 Å². The Hall–Kier alpha value is -1.85. The van der Waals surface area contributed by atoms with Gasteiger partial charge in [0.05, 0.1) is 17.8 Å². The van der Waals surface area contributed by atoms with E-state index >= 15 is 0 Å². The fraction of sp³-hybridized carbons (Fsp3) is 0.583. The maximum absolute atomic E-state index is 12.4. The summed E-state index contributed by atoms with van der Waals surface area (Å²) in [5.41, 5.74) is 2.17. The van der Waals surface area contributed by atoms with Crippen molar-refractivity contribution in [1.82, 2.24) is 20.0 Å². The summed E-state index contributed by atoms with van der Waals surface area (Å²) < 4.78 is 1.69. The fourth-order valence-corrected chi connectivity index (χ4v) is 2.22. The van der Waals surface area contributed by atoms with E-state index in [0.29, 0.717) is 24.3 Å². The molecule has 1 aromatic heterocycles. The van der Waals surface area contributed by atoms with Gasteiger partial charge in [0.15, 0.2) is 0 Å². The van der Waals surface area contributed by atoms with Gasteiger partial charge in [0, 0.05) is 25.8 Å². The number of nitrogens with zero attached hydrogens (tertiary/aromatic N) is 3. The van der Waals surface area contributed by atoms with E-state index < -0.39 is 0 Å². The van der Waals surface area contributed by atoms with Crippen molar-refractivity contribution in [3.63, 3.8) is 0 Å². The van der Waals surface area contributed by atoms with Crippen LogP contribution in [0.5, 0.6) is 0 Å².